The normalized spacial score (nSPS) is 15.8. The third-order valence-electron chi connectivity index (χ3n) is 6.35. The van der Waals surface area contributed by atoms with Gasteiger partial charge in [0.05, 0.1) is 28.9 Å². The van der Waals surface area contributed by atoms with Crippen molar-refractivity contribution in [2.24, 2.45) is 0 Å². The molecule has 37 heavy (non-hydrogen) atoms. The summed E-state index contributed by atoms with van der Waals surface area (Å²) in [6, 6.07) is 17.7. The Hall–Kier alpha value is -4.63. The number of amides is 1. The van der Waals surface area contributed by atoms with E-state index in [1.807, 2.05) is 25.1 Å². The summed E-state index contributed by atoms with van der Waals surface area (Å²) in [6.07, 6.45) is 0. The van der Waals surface area contributed by atoms with Gasteiger partial charge >= 0.3 is 0 Å². The highest BCUT2D eigenvalue weighted by Crippen LogP contribution is 2.45. The van der Waals surface area contributed by atoms with E-state index < -0.39 is 23.5 Å². The Morgan fingerprint density at radius 3 is 2.62 bits per heavy atom. The highest BCUT2D eigenvalue weighted by atomic mass is 32.1. The molecule has 0 aliphatic carbocycles. The molecular formula is C28H20N2O6S. The van der Waals surface area contributed by atoms with Crippen LogP contribution in [0, 0.1) is 6.92 Å². The Morgan fingerprint density at radius 1 is 1.08 bits per heavy atom. The third kappa shape index (κ3) is 3.63. The molecule has 8 nitrogen and oxygen atoms in total. The molecule has 1 amide bonds. The lowest BCUT2D eigenvalue weighted by molar-refractivity contribution is -0.117. The first-order valence-electron chi connectivity index (χ1n) is 11.4. The van der Waals surface area contributed by atoms with Gasteiger partial charge in [-0.2, -0.15) is 0 Å². The van der Waals surface area contributed by atoms with Crippen molar-refractivity contribution < 1.29 is 29.0 Å². The van der Waals surface area contributed by atoms with Crippen LogP contribution in [0.4, 0.5) is 5.13 Å². The molecule has 2 aromatic heterocycles. The number of aryl methyl sites for hydroxylation is 1. The number of benzene rings is 3. The molecule has 1 unspecified atom stereocenters. The van der Waals surface area contributed by atoms with Crippen LogP contribution in [-0.2, 0) is 4.79 Å². The van der Waals surface area contributed by atoms with Gasteiger partial charge in [0.25, 0.3) is 5.91 Å². The second-order valence-corrected chi connectivity index (χ2v) is 9.73. The van der Waals surface area contributed by atoms with Crippen molar-refractivity contribution in [3.05, 3.63) is 94.9 Å². The number of ether oxygens (including phenoxy) is 1. The quantitative estimate of drug-likeness (QED) is 0.284. The number of rotatable bonds is 5. The minimum absolute atomic E-state index is 0.0283. The molecule has 6 rings (SSSR count). The zero-order chi connectivity index (χ0) is 25.8. The minimum atomic E-state index is -0.989. The van der Waals surface area contributed by atoms with E-state index in [-0.39, 0.29) is 17.1 Å². The first-order valence-corrected chi connectivity index (χ1v) is 12.2. The number of phenols is 1. The topological polar surface area (TPSA) is 113 Å². The van der Waals surface area contributed by atoms with Crippen LogP contribution in [0.2, 0.25) is 0 Å². The molecular weight excluding hydrogens is 492 g/mol. The summed E-state index contributed by atoms with van der Waals surface area (Å²) in [5, 5.41) is 21.9. The first kappa shape index (κ1) is 22.8. The highest BCUT2D eigenvalue weighted by Gasteiger charge is 2.46. The lowest BCUT2D eigenvalue weighted by atomic mass is 9.95. The van der Waals surface area contributed by atoms with Crippen molar-refractivity contribution in [2.45, 2.75) is 13.0 Å². The second-order valence-electron chi connectivity index (χ2n) is 8.72. The SMILES string of the molecule is COc1cccc2cc(C(=O)C3=C(O)C(=O)N(c4nc5ccc(C)cc5s4)C3c3ccc(O)cc3)oc12. The Morgan fingerprint density at radius 2 is 1.86 bits per heavy atom. The maximum Gasteiger partial charge on any atom is 0.296 e. The van der Waals surface area contributed by atoms with Crippen molar-refractivity contribution in [2.75, 3.05) is 12.0 Å². The number of hydrogen-bond acceptors (Lipinski definition) is 8. The average molecular weight is 513 g/mol. The largest absolute Gasteiger partial charge is 0.508 e. The molecule has 0 spiro atoms. The van der Waals surface area contributed by atoms with Gasteiger partial charge in [-0.25, -0.2) is 4.98 Å². The van der Waals surface area contributed by atoms with Gasteiger partial charge in [0, 0.05) is 5.39 Å². The van der Waals surface area contributed by atoms with Gasteiger partial charge in [-0.05, 0) is 54.4 Å². The van der Waals surface area contributed by atoms with E-state index in [1.165, 1.54) is 35.5 Å². The predicted octanol–water partition coefficient (Wildman–Crippen LogP) is 5.85. The molecule has 3 aromatic carbocycles. The monoisotopic (exact) mass is 512 g/mol. The number of ketones is 1. The number of fused-ring (bicyclic) bond motifs is 2. The van der Waals surface area contributed by atoms with E-state index in [0.29, 0.717) is 32.9 Å². The third-order valence-corrected chi connectivity index (χ3v) is 7.37. The van der Waals surface area contributed by atoms with Gasteiger partial charge in [0.1, 0.15) is 5.75 Å². The number of aliphatic hydroxyl groups is 1. The van der Waals surface area contributed by atoms with Crippen LogP contribution in [0.1, 0.15) is 27.7 Å². The number of aromatic hydroxyl groups is 1. The number of carbonyl (C=O) groups excluding carboxylic acids is 2. The summed E-state index contributed by atoms with van der Waals surface area (Å²) in [5.74, 6) is -1.61. The number of hydrogen-bond donors (Lipinski definition) is 2. The number of aromatic nitrogens is 1. The Labute approximate surface area is 214 Å². The standard InChI is InChI=1S/C28H20N2O6S/c1-14-6-11-18-21(12-14)37-28(29-18)30-23(15-7-9-17(31)10-8-15)22(25(33)27(30)34)24(32)20-13-16-4-3-5-19(35-2)26(16)36-20/h3-13,23,31,33H,1-2H3. The number of aliphatic hydroxyl groups excluding tert-OH is 1. The second kappa shape index (κ2) is 8.49. The summed E-state index contributed by atoms with van der Waals surface area (Å²) >= 11 is 1.29. The fourth-order valence-corrected chi connectivity index (χ4v) is 5.66. The van der Waals surface area contributed by atoms with Crippen LogP contribution in [-0.4, -0.2) is 34.0 Å². The Balaban J connectivity index is 1.51. The van der Waals surface area contributed by atoms with Crippen LogP contribution < -0.4 is 9.64 Å². The number of phenolic OH excluding ortho intramolecular Hbond substituents is 1. The van der Waals surface area contributed by atoms with E-state index >= 15 is 0 Å². The number of methoxy groups -OCH3 is 1. The lowest BCUT2D eigenvalue weighted by Crippen LogP contribution is -2.30. The van der Waals surface area contributed by atoms with Gasteiger partial charge in [-0.3, -0.25) is 14.5 Å². The molecule has 5 aromatic rings. The molecule has 0 fully saturated rings. The molecule has 0 radical (unpaired) electrons. The molecule has 1 atom stereocenters. The Bertz CT molecular complexity index is 1750. The van der Waals surface area contributed by atoms with E-state index in [9.17, 15) is 19.8 Å². The maximum absolute atomic E-state index is 13.8. The highest BCUT2D eigenvalue weighted by molar-refractivity contribution is 7.22. The fraction of sp³-hybridized carbons (Fsp3) is 0.107. The molecule has 184 valence electrons. The number of furan rings is 1. The molecule has 3 heterocycles. The van der Waals surface area contributed by atoms with Gasteiger partial charge in [-0.15, -0.1) is 0 Å². The van der Waals surface area contributed by atoms with Crippen molar-refractivity contribution in [3.63, 3.8) is 0 Å². The summed E-state index contributed by atoms with van der Waals surface area (Å²) < 4.78 is 12.1. The van der Waals surface area contributed by atoms with Gasteiger partial charge in [-0.1, -0.05) is 41.7 Å². The molecule has 9 heteroatoms. The van der Waals surface area contributed by atoms with Crippen LogP contribution in [0.25, 0.3) is 21.2 Å². The number of para-hydroxylation sites is 1. The van der Waals surface area contributed by atoms with Crippen LogP contribution in [0.5, 0.6) is 11.5 Å². The predicted molar refractivity (Wildman–Crippen MR) is 139 cm³/mol. The zero-order valence-corrected chi connectivity index (χ0v) is 20.6. The summed E-state index contributed by atoms with van der Waals surface area (Å²) in [7, 11) is 1.50. The smallest absolute Gasteiger partial charge is 0.296 e. The maximum atomic E-state index is 13.8. The van der Waals surface area contributed by atoms with Gasteiger partial charge in [0.15, 0.2) is 28.0 Å². The fourth-order valence-electron chi connectivity index (χ4n) is 4.57. The van der Waals surface area contributed by atoms with E-state index in [2.05, 4.69) is 4.98 Å². The summed E-state index contributed by atoms with van der Waals surface area (Å²) in [5.41, 5.74) is 2.51. The van der Waals surface area contributed by atoms with E-state index in [4.69, 9.17) is 9.15 Å². The zero-order valence-electron chi connectivity index (χ0n) is 19.8. The first-order chi connectivity index (χ1) is 17.9. The van der Waals surface area contributed by atoms with Gasteiger partial charge in [0.2, 0.25) is 5.78 Å². The lowest BCUT2D eigenvalue weighted by Gasteiger charge is -2.24. The average Bonchev–Trinajstić information content (AvgIpc) is 3.58. The molecule has 0 bridgehead atoms. The molecule has 0 saturated carbocycles. The molecule has 2 N–H and O–H groups in total. The van der Waals surface area contributed by atoms with E-state index in [0.717, 1.165) is 10.3 Å². The van der Waals surface area contributed by atoms with Crippen LogP contribution in [0.15, 0.2) is 82.5 Å². The van der Waals surface area contributed by atoms with Crippen molar-refractivity contribution in [3.8, 4) is 11.5 Å². The molecule has 0 saturated heterocycles. The number of Topliss-reactive ketones (excluding diaryl/α,β-unsaturated/α-hetero) is 1. The number of nitrogens with zero attached hydrogens (tertiary/aromatic N) is 2. The summed E-state index contributed by atoms with van der Waals surface area (Å²) in [4.78, 5) is 33.2. The number of thiazole rings is 1. The molecule has 1 aliphatic heterocycles. The number of anilines is 1. The van der Waals surface area contributed by atoms with Crippen molar-refractivity contribution in [1.82, 2.24) is 4.98 Å². The van der Waals surface area contributed by atoms with Crippen LogP contribution >= 0.6 is 11.3 Å². The van der Waals surface area contributed by atoms with Crippen molar-refractivity contribution in [1.29, 1.82) is 0 Å². The van der Waals surface area contributed by atoms with E-state index in [1.54, 1.807) is 36.4 Å². The molecule has 1 aliphatic rings. The minimum Gasteiger partial charge on any atom is -0.508 e. The van der Waals surface area contributed by atoms with Crippen LogP contribution in [0.3, 0.4) is 0 Å². The summed E-state index contributed by atoms with van der Waals surface area (Å²) in [6.45, 7) is 1.96. The Kier molecular flexibility index (Phi) is 5.24. The number of carbonyl (C=O) groups is 2. The van der Waals surface area contributed by atoms with Gasteiger partial charge < -0.3 is 19.4 Å². The van der Waals surface area contributed by atoms with Crippen molar-refractivity contribution >= 4 is 49.3 Å².